The van der Waals surface area contributed by atoms with E-state index in [-0.39, 0.29) is 6.04 Å². The highest BCUT2D eigenvalue weighted by Crippen LogP contribution is 2.26. The normalized spacial score (nSPS) is 12.4. The third kappa shape index (κ3) is 3.73. The maximum absolute atomic E-state index is 6.21. The Hall–Kier alpha value is -1.02. The molecule has 0 heterocycles. The van der Waals surface area contributed by atoms with Crippen LogP contribution in [0.3, 0.4) is 0 Å². The van der Waals surface area contributed by atoms with Gasteiger partial charge in [0, 0.05) is 6.04 Å². The van der Waals surface area contributed by atoms with Crippen molar-refractivity contribution >= 4 is 23.2 Å². The highest BCUT2D eigenvalue weighted by molar-refractivity contribution is 6.42. The number of rotatable bonds is 4. The summed E-state index contributed by atoms with van der Waals surface area (Å²) in [6.45, 7) is 2.15. The van der Waals surface area contributed by atoms with Gasteiger partial charge >= 0.3 is 0 Å². The van der Waals surface area contributed by atoms with Gasteiger partial charge in [-0.3, -0.25) is 0 Å². The smallest absolute Gasteiger partial charge is 0.0595 e. The Kier molecular flexibility index (Phi) is 4.87. The Morgan fingerprint density at radius 2 is 1.58 bits per heavy atom. The van der Waals surface area contributed by atoms with Gasteiger partial charge in [-0.15, -0.1) is 0 Å². The molecule has 1 unspecified atom stereocenters. The van der Waals surface area contributed by atoms with E-state index in [1.807, 2.05) is 12.1 Å². The standard InChI is InChI=1S/C16H17Cl2N/c1-2-11-3-5-12(6-4-11)9-16(19)13-7-8-14(17)15(18)10-13/h3-8,10,16H,2,9,19H2,1H3. The topological polar surface area (TPSA) is 26.0 Å². The molecule has 0 fully saturated rings. The Balaban J connectivity index is 2.10. The van der Waals surface area contributed by atoms with Crippen molar-refractivity contribution in [2.45, 2.75) is 25.8 Å². The first-order valence-electron chi connectivity index (χ1n) is 6.38. The molecule has 0 aliphatic rings. The summed E-state index contributed by atoms with van der Waals surface area (Å²) in [7, 11) is 0. The van der Waals surface area contributed by atoms with E-state index in [1.165, 1.54) is 11.1 Å². The van der Waals surface area contributed by atoms with E-state index in [0.29, 0.717) is 10.0 Å². The van der Waals surface area contributed by atoms with Crippen LogP contribution in [0.1, 0.15) is 29.7 Å². The lowest BCUT2D eigenvalue weighted by atomic mass is 9.98. The molecule has 2 rings (SSSR count). The fourth-order valence-corrected chi connectivity index (χ4v) is 2.33. The molecule has 0 saturated heterocycles. The number of aryl methyl sites for hydroxylation is 1. The van der Waals surface area contributed by atoms with E-state index in [2.05, 4.69) is 31.2 Å². The average molecular weight is 294 g/mol. The van der Waals surface area contributed by atoms with Crippen molar-refractivity contribution in [3.8, 4) is 0 Å². The Labute approximate surface area is 124 Å². The first-order valence-corrected chi connectivity index (χ1v) is 7.14. The Bertz CT molecular complexity index is 549. The molecule has 0 aromatic heterocycles. The molecule has 19 heavy (non-hydrogen) atoms. The van der Waals surface area contributed by atoms with Crippen LogP contribution < -0.4 is 5.73 Å². The van der Waals surface area contributed by atoms with Gasteiger partial charge in [0.25, 0.3) is 0 Å². The predicted octanol–water partition coefficient (Wildman–Crippen LogP) is 4.80. The summed E-state index contributed by atoms with van der Waals surface area (Å²) >= 11 is 11.9. The van der Waals surface area contributed by atoms with Crippen molar-refractivity contribution in [2.24, 2.45) is 5.73 Å². The van der Waals surface area contributed by atoms with Crippen molar-refractivity contribution in [2.75, 3.05) is 0 Å². The molecule has 0 aliphatic heterocycles. The van der Waals surface area contributed by atoms with E-state index in [9.17, 15) is 0 Å². The number of benzene rings is 2. The van der Waals surface area contributed by atoms with Gasteiger partial charge in [0.05, 0.1) is 10.0 Å². The van der Waals surface area contributed by atoms with E-state index in [1.54, 1.807) is 6.07 Å². The zero-order valence-corrected chi connectivity index (χ0v) is 12.4. The highest BCUT2D eigenvalue weighted by atomic mass is 35.5. The second-order valence-electron chi connectivity index (χ2n) is 4.65. The first-order chi connectivity index (χ1) is 9.10. The molecule has 0 radical (unpaired) electrons. The summed E-state index contributed by atoms with van der Waals surface area (Å²) in [4.78, 5) is 0. The summed E-state index contributed by atoms with van der Waals surface area (Å²) < 4.78 is 0. The van der Waals surface area contributed by atoms with Crippen LogP contribution >= 0.6 is 23.2 Å². The van der Waals surface area contributed by atoms with Crippen molar-refractivity contribution < 1.29 is 0 Å². The van der Waals surface area contributed by atoms with E-state index in [4.69, 9.17) is 28.9 Å². The summed E-state index contributed by atoms with van der Waals surface area (Å²) in [6, 6.07) is 14.1. The number of nitrogens with two attached hydrogens (primary N) is 1. The summed E-state index contributed by atoms with van der Waals surface area (Å²) in [5.74, 6) is 0. The third-order valence-electron chi connectivity index (χ3n) is 3.26. The minimum absolute atomic E-state index is 0.0674. The van der Waals surface area contributed by atoms with Crippen molar-refractivity contribution in [1.29, 1.82) is 0 Å². The van der Waals surface area contributed by atoms with E-state index < -0.39 is 0 Å². The van der Waals surface area contributed by atoms with Crippen LogP contribution in [0.2, 0.25) is 10.0 Å². The van der Waals surface area contributed by atoms with Crippen LogP contribution in [0.15, 0.2) is 42.5 Å². The van der Waals surface area contributed by atoms with Gasteiger partial charge in [-0.05, 0) is 41.7 Å². The minimum atomic E-state index is -0.0674. The zero-order chi connectivity index (χ0) is 13.8. The molecule has 0 spiro atoms. The zero-order valence-electron chi connectivity index (χ0n) is 10.9. The maximum Gasteiger partial charge on any atom is 0.0595 e. The average Bonchev–Trinajstić information content (AvgIpc) is 2.42. The van der Waals surface area contributed by atoms with E-state index >= 15 is 0 Å². The molecule has 2 aromatic carbocycles. The molecule has 0 saturated carbocycles. The van der Waals surface area contributed by atoms with Crippen LogP contribution in [0.5, 0.6) is 0 Å². The Morgan fingerprint density at radius 3 is 2.16 bits per heavy atom. The van der Waals surface area contributed by atoms with Crippen LogP contribution in [-0.2, 0) is 12.8 Å². The number of halogens is 2. The van der Waals surface area contributed by atoms with Gasteiger partial charge < -0.3 is 5.73 Å². The molecule has 0 amide bonds. The monoisotopic (exact) mass is 293 g/mol. The van der Waals surface area contributed by atoms with Crippen LogP contribution in [0, 0.1) is 0 Å². The van der Waals surface area contributed by atoms with Crippen molar-refractivity contribution in [3.63, 3.8) is 0 Å². The summed E-state index contributed by atoms with van der Waals surface area (Å²) in [6.07, 6.45) is 1.85. The molecular weight excluding hydrogens is 277 g/mol. The van der Waals surface area contributed by atoms with Gasteiger partial charge in [-0.25, -0.2) is 0 Å². The molecule has 0 aliphatic carbocycles. The second-order valence-corrected chi connectivity index (χ2v) is 5.47. The Morgan fingerprint density at radius 1 is 0.947 bits per heavy atom. The molecule has 0 bridgehead atoms. The van der Waals surface area contributed by atoms with Crippen LogP contribution in [-0.4, -0.2) is 0 Å². The molecule has 100 valence electrons. The quantitative estimate of drug-likeness (QED) is 0.861. The predicted molar refractivity (Wildman–Crippen MR) is 82.9 cm³/mol. The number of hydrogen-bond acceptors (Lipinski definition) is 1. The molecule has 2 aromatic rings. The highest BCUT2D eigenvalue weighted by Gasteiger charge is 2.09. The summed E-state index contributed by atoms with van der Waals surface area (Å²) in [5.41, 5.74) is 9.79. The lowest BCUT2D eigenvalue weighted by molar-refractivity contribution is 0.722. The van der Waals surface area contributed by atoms with Crippen LogP contribution in [0.25, 0.3) is 0 Å². The van der Waals surface area contributed by atoms with Gasteiger partial charge in [-0.2, -0.15) is 0 Å². The van der Waals surface area contributed by atoms with Gasteiger partial charge in [0.2, 0.25) is 0 Å². The SMILES string of the molecule is CCc1ccc(CC(N)c2ccc(Cl)c(Cl)c2)cc1. The lowest BCUT2D eigenvalue weighted by Crippen LogP contribution is -2.13. The number of hydrogen-bond donors (Lipinski definition) is 1. The largest absolute Gasteiger partial charge is 0.324 e. The molecular formula is C16H17Cl2N. The fraction of sp³-hybridized carbons (Fsp3) is 0.250. The van der Waals surface area contributed by atoms with Gasteiger partial charge in [0.1, 0.15) is 0 Å². The molecule has 2 N–H and O–H groups in total. The lowest BCUT2D eigenvalue weighted by Gasteiger charge is -2.13. The fourth-order valence-electron chi connectivity index (χ4n) is 2.03. The second kappa shape index (κ2) is 6.42. The van der Waals surface area contributed by atoms with Gasteiger partial charge in [0.15, 0.2) is 0 Å². The molecule has 1 nitrogen and oxygen atoms in total. The molecule has 1 atom stereocenters. The van der Waals surface area contributed by atoms with E-state index in [0.717, 1.165) is 18.4 Å². The summed E-state index contributed by atoms with van der Waals surface area (Å²) in [5, 5.41) is 1.11. The van der Waals surface area contributed by atoms with Gasteiger partial charge in [-0.1, -0.05) is 60.5 Å². The molecule has 3 heteroatoms. The third-order valence-corrected chi connectivity index (χ3v) is 4.00. The maximum atomic E-state index is 6.21. The minimum Gasteiger partial charge on any atom is -0.324 e. The first kappa shape index (κ1) is 14.4. The van der Waals surface area contributed by atoms with Crippen molar-refractivity contribution in [1.82, 2.24) is 0 Å². The van der Waals surface area contributed by atoms with Crippen LogP contribution in [0.4, 0.5) is 0 Å². The van der Waals surface area contributed by atoms with Crippen molar-refractivity contribution in [3.05, 3.63) is 69.2 Å².